The number of benzene rings is 1. The summed E-state index contributed by atoms with van der Waals surface area (Å²) in [6.45, 7) is 0.0872. The Hall–Kier alpha value is -2.12. The van der Waals surface area contributed by atoms with Crippen molar-refractivity contribution in [3.63, 3.8) is 0 Å². The summed E-state index contributed by atoms with van der Waals surface area (Å²) >= 11 is 0. The fourth-order valence-corrected chi connectivity index (χ4v) is 1.45. The molecular formula is C12H15ClN4O3. The molecule has 1 aromatic carbocycles. The lowest BCUT2D eigenvalue weighted by atomic mass is 10.2. The summed E-state index contributed by atoms with van der Waals surface area (Å²) in [5.74, 6) is 1.19. The number of aromatic nitrogens is 2. The number of nitrogens with two attached hydrogens (primary N) is 1. The molecule has 7 nitrogen and oxygen atoms in total. The summed E-state index contributed by atoms with van der Waals surface area (Å²) in [4.78, 5) is 15.2. The van der Waals surface area contributed by atoms with Crippen LogP contribution in [0.1, 0.15) is 5.89 Å². The number of ether oxygens (including phenoxy) is 1. The van der Waals surface area contributed by atoms with Gasteiger partial charge in [-0.3, -0.25) is 4.79 Å². The fourth-order valence-electron chi connectivity index (χ4n) is 1.45. The first-order valence-electron chi connectivity index (χ1n) is 5.66. The molecule has 2 rings (SSSR count). The summed E-state index contributed by atoms with van der Waals surface area (Å²) in [6, 6.07) is 7.30. The van der Waals surface area contributed by atoms with E-state index in [1.54, 1.807) is 13.2 Å². The minimum Gasteiger partial charge on any atom is -0.497 e. The lowest BCUT2D eigenvalue weighted by Gasteiger charge is -2.00. The Kier molecular flexibility index (Phi) is 5.95. The predicted molar refractivity (Wildman–Crippen MR) is 74.4 cm³/mol. The second-order valence-corrected chi connectivity index (χ2v) is 3.72. The summed E-state index contributed by atoms with van der Waals surface area (Å²) in [6.07, 6.45) is 0. The Labute approximate surface area is 121 Å². The Balaban J connectivity index is 0.00000200. The maximum Gasteiger partial charge on any atom is 0.246 e. The molecular weight excluding hydrogens is 284 g/mol. The summed E-state index contributed by atoms with van der Waals surface area (Å²) in [5, 5.41) is 6.39. The van der Waals surface area contributed by atoms with Crippen LogP contribution in [0, 0.1) is 0 Å². The molecule has 0 unspecified atom stereocenters. The zero-order valence-corrected chi connectivity index (χ0v) is 11.6. The van der Waals surface area contributed by atoms with E-state index in [2.05, 4.69) is 15.5 Å². The standard InChI is InChI=1S/C12H14N4O3.ClH/c1-18-9-4-2-3-8(5-9)12-15-11(19-16-12)7-14-10(17)6-13;/h2-5H,6-7,13H2,1H3,(H,14,17);1H. The van der Waals surface area contributed by atoms with Crippen LogP contribution in [-0.4, -0.2) is 29.7 Å². The third-order valence-corrected chi connectivity index (χ3v) is 2.42. The molecule has 0 fully saturated rings. The highest BCUT2D eigenvalue weighted by Crippen LogP contribution is 2.21. The van der Waals surface area contributed by atoms with Gasteiger partial charge in [-0.2, -0.15) is 4.98 Å². The zero-order chi connectivity index (χ0) is 13.7. The molecule has 0 radical (unpaired) electrons. The molecule has 0 aliphatic heterocycles. The predicted octanol–water partition coefficient (Wildman–Crippen LogP) is 0.742. The van der Waals surface area contributed by atoms with Crippen LogP contribution in [0.4, 0.5) is 0 Å². The van der Waals surface area contributed by atoms with E-state index in [4.69, 9.17) is 15.0 Å². The van der Waals surface area contributed by atoms with E-state index in [0.29, 0.717) is 17.5 Å². The summed E-state index contributed by atoms with van der Waals surface area (Å²) in [7, 11) is 1.59. The molecule has 1 aromatic heterocycles. The molecule has 1 heterocycles. The molecule has 0 atom stereocenters. The van der Waals surface area contributed by atoms with E-state index in [1.165, 1.54) is 0 Å². The average molecular weight is 299 g/mol. The normalized spacial score (nSPS) is 9.70. The van der Waals surface area contributed by atoms with Gasteiger partial charge in [0.2, 0.25) is 17.6 Å². The van der Waals surface area contributed by atoms with Gasteiger partial charge in [-0.1, -0.05) is 17.3 Å². The largest absolute Gasteiger partial charge is 0.497 e. The molecule has 0 bridgehead atoms. The van der Waals surface area contributed by atoms with Gasteiger partial charge in [0.25, 0.3) is 0 Å². The number of hydrogen-bond acceptors (Lipinski definition) is 6. The van der Waals surface area contributed by atoms with Crippen molar-refractivity contribution in [2.24, 2.45) is 5.73 Å². The number of hydrogen-bond donors (Lipinski definition) is 2. The maximum atomic E-state index is 11.0. The van der Waals surface area contributed by atoms with Crippen LogP contribution in [0.3, 0.4) is 0 Å². The number of halogens is 1. The molecule has 108 valence electrons. The molecule has 0 saturated carbocycles. The second-order valence-electron chi connectivity index (χ2n) is 3.72. The number of methoxy groups -OCH3 is 1. The van der Waals surface area contributed by atoms with Gasteiger partial charge in [0.05, 0.1) is 20.2 Å². The minimum atomic E-state index is -0.277. The van der Waals surface area contributed by atoms with Gasteiger partial charge in [0, 0.05) is 5.56 Å². The fraction of sp³-hybridized carbons (Fsp3) is 0.250. The van der Waals surface area contributed by atoms with Crippen molar-refractivity contribution >= 4 is 18.3 Å². The topological polar surface area (TPSA) is 103 Å². The molecule has 0 aliphatic carbocycles. The lowest BCUT2D eigenvalue weighted by Crippen LogP contribution is -2.29. The van der Waals surface area contributed by atoms with E-state index < -0.39 is 0 Å². The summed E-state index contributed by atoms with van der Waals surface area (Å²) in [5.41, 5.74) is 5.95. The molecule has 20 heavy (non-hydrogen) atoms. The first-order chi connectivity index (χ1) is 9.22. The molecule has 8 heteroatoms. The average Bonchev–Trinajstić information content (AvgIpc) is 2.93. The van der Waals surface area contributed by atoms with Gasteiger partial charge < -0.3 is 20.3 Å². The molecule has 0 spiro atoms. The third kappa shape index (κ3) is 3.94. The Morgan fingerprint density at radius 3 is 3.00 bits per heavy atom. The van der Waals surface area contributed by atoms with E-state index in [0.717, 1.165) is 5.56 Å². The molecule has 3 N–H and O–H groups in total. The highest BCUT2D eigenvalue weighted by Gasteiger charge is 2.09. The van der Waals surface area contributed by atoms with Crippen molar-refractivity contribution in [2.75, 3.05) is 13.7 Å². The molecule has 1 amide bonds. The van der Waals surface area contributed by atoms with Crippen molar-refractivity contribution in [2.45, 2.75) is 6.54 Å². The number of carbonyl (C=O) groups excluding carboxylic acids is 1. The first kappa shape index (κ1) is 15.9. The van der Waals surface area contributed by atoms with E-state index in [-0.39, 0.29) is 31.4 Å². The monoisotopic (exact) mass is 298 g/mol. The highest BCUT2D eigenvalue weighted by molar-refractivity contribution is 5.85. The number of amides is 1. The van der Waals surface area contributed by atoms with Gasteiger partial charge in [-0.05, 0) is 12.1 Å². The highest BCUT2D eigenvalue weighted by atomic mass is 35.5. The molecule has 0 aliphatic rings. The van der Waals surface area contributed by atoms with Gasteiger partial charge >= 0.3 is 0 Å². The van der Waals surface area contributed by atoms with Crippen molar-refractivity contribution in [1.29, 1.82) is 0 Å². The van der Waals surface area contributed by atoms with E-state index in [1.807, 2.05) is 18.2 Å². The van der Waals surface area contributed by atoms with E-state index in [9.17, 15) is 4.79 Å². The lowest BCUT2D eigenvalue weighted by molar-refractivity contribution is -0.120. The Morgan fingerprint density at radius 2 is 2.30 bits per heavy atom. The van der Waals surface area contributed by atoms with Crippen LogP contribution in [-0.2, 0) is 11.3 Å². The zero-order valence-electron chi connectivity index (χ0n) is 10.8. The van der Waals surface area contributed by atoms with Crippen molar-refractivity contribution in [3.05, 3.63) is 30.2 Å². The van der Waals surface area contributed by atoms with Gasteiger partial charge in [-0.15, -0.1) is 12.4 Å². The van der Waals surface area contributed by atoms with Gasteiger partial charge in [0.1, 0.15) is 5.75 Å². The van der Waals surface area contributed by atoms with Crippen molar-refractivity contribution < 1.29 is 14.1 Å². The van der Waals surface area contributed by atoms with Crippen LogP contribution in [0.5, 0.6) is 5.75 Å². The number of nitrogens with zero attached hydrogens (tertiary/aromatic N) is 2. The molecule has 0 saturated heterocycles. The molecule has 2 aromatic rings. The summed E-state index contributed by atoms with van der Waals surface area (Å²) < 4.78 is 10.1. The van der Waals surface area contributed by atoms with Crippen molar-refractivity contribution in [3.8, 4) is 17.1 Å². The van der Waals surface area contributed by atoms with Gasteiger partial charge in [0.15, 0.2) is 0 Å². The smallest absolute Gasteiger partial charge is 0.246 e. The van der Waals surface area contributed by atoms with Crippen LogP contribution in [0.25, 0.3) is 11.4 Å². The van der Waals surface area contributed by atoms with Crippen LogP contribution in [0.2, 0.25) is 0 Å². The maximum absolute atomic E-state index is 11.0. The SMILES string of the molecule is COc1cccc(-c2noc(CNC(=O)CN)n2)c1.Cl. The Morgan fingerprint density at radius 1 is 1.50 bits per heavy atom. The van der Waals surface area contributed by atoms with Gasteiger partial charge in [-0.25, -0.2) is 0 Å². The van der Waals surface area contributed by atoms with Crippen LogP contribution >= 0.6 is 12.4 Å². The minimum absolute atomic E-state index is 0. The first-order valence-corrected chi connectivity index (χ1v) is 5.66. The number of nitrogens with one attached hydrogen (secondary N) is 1. The van der Waals surface area contributed by atoms with Crippen LogP contribution < -0.4 is 15.8 Å². The second kappa shape index (κ2) is 7.46. The Bertz CT molecular complexity index is 573. The quantitative estimate of drug-likeness (QED) is 0.844. The van der Waals surface area contributed by atoms with Crippen molar-refractivity contribution in [1.82, 2.24) is 15.5 Å². The number of rotatable bonds is 5. The number of carbonyl (C=O) groups is 1. The van der Waals surface area contributed by atoms with E-state index >= 15 is 0 Å². The third-order valence-electron chi connectivity index (χ3n) is 2.42. The van der Waals surface area contributed by atoms with Crippen LogP contribution in [0.15, 0.2) is 28.8 Å².